The minimum atomic E-state index is -0.607. The van der Waals surface area contributed by atoms with E-state index in [1.165, 1.54) is 11.0 Å². The van der Waals surface area contributed by atoms with Gasteiger partial charge in [-0.2, -0.15) is 0 Å². The molecule has 2 aromatic carbocycles. The van der Waals surface area contributed by atoms with Crippen LogP contribution in [-0.2, 0) is 11.3 Å². The molecule has 1 aliphatic heterocycles. The molecule has 0 radical (unpaired) electrons. The number of amides is 1. The molecule has 21 heavy (non-hydrogen) atoms. The summed E-state index contributed by atoms with van der Waals surface area (Å²) in [5.74, 6) is -1.20. The second-order valence-corrected chi connectivity index (χ2v) is 5.77. The summed E-state index contributed by atoms with van der Waals surface area (Å²) in [4.78, 5) is 25.7. The summed E-state index contributed by atoms with van der Waals surface area (Å²) in [6.45, 7) is 2.28. The first-order valence-electron chi connectivity index (χ1n) is 6.39. The van der Waals surface area contributed by atoms with Gasteiger partial charge in [-0.1, -0.05) is 53.0 Å². The highest BCUT2D eigenvalue weighted by Crippen LogP contribution is 2.40. The zero-order chi connectivity index (χ0) is 15.1. The Bertz CT molecular complexity index is 754. The van der Waals surface area contributed by atoms with Gasteiger partial charge in [0.1, 0.15) is 0 Å². The molecule has 0 unspecified atom stereocenters. The highest BCUT2D eigenvalue weighted by molar-refractivity contribution is 6.56. The van der Waals surface area contributed by atoms with Gasteiger partial charge in [-0.15, -0.1) is 0 Å². The highest BCUT2D eigenvalue weighted by Gasteiger charge is 2.39. The lowest BCUT2D eigenvalue weighted by Gasteiger charge is -2.18. The number of anilines is 1. The topological polar surface area (TPSA) is 37.4 Å². The van der Waals surface area contributed by atoms with Gasteiger partial charge in [0.25, 0.3) is 11.7 Å². The zero-order valence-corrected chi connectivity index (χ0v) is 12.7. The van der Waals surface area contributed by atoms with Crippen LogP contribution in [0.4, 0.5) is 5.69 Å². The third kappa shape index (κ3) is 2.33. The van der Waals surface area contributed by atoms with Crippen molar-refractivity contribution in [3.8, 4) is 0 Å². The van der Waals surface area contributed by atoms with E-state index in [0.717, 1.165) is 11.1 Å². The molecule has 0 saturated carbocycles. The van der Waals surface area contributed by atoms with Crippen LogP contribution in [0.3, 0.4) is 0 Å². The first-order valence-corrected chi connectivity index (χ1v) is 7.14. The minimum Gasteiger partial charge on any atom is -0.299 e. The normalized spacial score (nSPS) is 13.8. The first-order chi connectivity index (χ1) is 9.99. The third-order valence-electron chi connectivity index (χ3n) is 3.48. The van der Waals surface area contributed by atoms with Gasteiger partial charge < -0.3 is 0 Å². The summed E-state index contributed by atoms with van der Waals surface area (Å²) in [6, 6.07) is 10.9. The fourth-order valence-electron chi connectivity index (χ4n) is 2.38. The number of carbonyl (C=O) groups excluding carboxylic acids is 2. The predicted octanol–water partition coefficient (Wildman–Crippen LogP) is 4.03. The van der Waals surface area contributed by atoms with Crippen molar-refractivity contribution in [3.63, 3.8) is 0 Å². The fraction of sp³-hybridized carbons (Fsp3) is 0.125. The molecule has 5 heteroatoms. The number of Topliss-reactive ketones (excluding diaryl/α,β-unsaturated/α-hetero) is 1. The van der Waals surface area contributed by atoms with E-state index in [9.17, 15) is 9.59 Å². The van der Waals surface area contributed by atoms with Gasteiger partial charge in [-0.3, -0.25) is 14.5 Å². The average Bonchev–Trinajstić information content (AvgIpc) is 2.71. The number of nitrogens with zero attached hydrogens (tertiary/aromatic N) is 1. The maximum atomic E-state index is 12.2. The number of fused-ring (bicyclic) bond motifs is 1. The number of carbonyl (C=O) groups is 2. The van der Waals surface area contributed by atoms with E-state index < -0.39 is 11.7 Å². The fourth-order valence-corrected chi connectivity index (χ4v) is 2.88. The number of benzene rings is 2. The van der Waals surface area contributed by atoms with Gasteiger partial charge in [0.2, 0.25) is 0 Å². The maximum Gasteiger partial charge on any atom is 0.299 e. The number of hydrogen-bond donors (Lipinski definition) is 0. The highest BCUT2D eigenvalue weighted by atomic mass is 35.5. The number of ketones is 1. The lowest BCUT2D eigenvalue weighted by Crippen LogP contribution is -2.29. The van der Waals surface area contributed by atoms with Crippen molar-refractivity contribution < 1.29 is 9.59 Å². The first kappa shape index (κ1) is 14.1. The van der Waals surface area contributed by atoms with E-state index in [-0.39, 0.29) is 17.1 Å². The Labute approximate surface area is 132 Å². The van der Waals surface area contributed by atoms with Gasteiger partial charge >= 0.3 is 0 Å². The van der Waals surface area contributed by atoms with Crippen LogP contribution in [0.5, 0.6) is 0 Å². The van der Waals surface area contributed by atoms with Crippen LogP contribution in [0.15, 0.2) is 36.4 Å². The summed E-state index contributed by atoms with van der Waals surface area (Å²) >= 11 is 12.2. The quantitative estimate of drug-likeness (QED) is 0.784. The monoisotopic (exact) mass is 319 g/mol. The van der Waals surface area contributed by atoms with E-state index in [1.807, 2.05) is 31.2 Å². The molecule has 0 fully saturated rings. The Balaban J connectivity index is 2.05. The van der Waals surface area contributed by atoms with Crippen LogP contribution < -0.4 is 4.90 Å². The van der Waals surface area contributed by atoms with Gasteiger partial charge in [0.05, 0.1) is 27.8 Å². The van der Waals surface area contributed by atoms with Crippen molar-refractivity contribution in [2.45, 2.75) is 13.5 Å². The van der Waals surface area contributed by atoms with E-state index in [0.29, 0.717) is 10.7 Å². The molecule has 2 aromatic rings. The van der Waals surface area contributed by atoms with Crippen LogP contribution in [-0.4, -0.2) is 11.7 Å². The molecule has 0 bridgehead atoms. The molecule has 0 aromatic heterocycles. The zero-order valence-electron chi connectivity index (χ0n) is 11.2. The summed E-state index contributed by atoms with van der Waals surface area (Å²) in [5.41, 5.74) is 2.65. The van der Waals surface area contributed by atoms with Crippen LogP contribution in [0, 0.1) is 6.92 Å². The minimum absolute atomic E-state index is 0.196. The van der Waals surface area contributed by atoms with Crippen LogP contribution in [0.2, 0.25) is 10.0 Å². The van der Waals surface area contributed by atoms with Crippen molar-refractivity contribution in [1.29, 1.82) is 0 Å². The largest absolute Gasteiger partial charge is 0.299 e. The Morgan fingerprint density at radius 3 is 2.24 bits per heavy atom. The van der Waals surface area contributed by atoms with Crippen molar-refractivity contribution >= 4 is 40.6 Å². The van der Waals surface area contributed by atoms with Crippen molar-refractivity contribution in [3.05, 3.63) is 63.1 Å². The molecule has 106 valence electrons. The molecule has 3 nitrogen and oxygen atoms in total. The van der Waals surface area contributed by atoms with Crippen molar-refractivity contribution in [2.75, 3.05) is 4.90 Å². The Hall–Kier alpha value is -1.84. The summed E-state index contributed by atoms with van der Waals surface area (Å²) < 4.78 is 0. The van der Waals surface area contributed by atoms with E-state index >= 15 is 0 Å². The molecule has 0 saturated heterocycles. The second-order valence-electron chi connectivity index (χ2n) is 4.96. The standard InChI is InChI=1S/C16H11Cl2NO2/c1-9-2-4-10(5-3-9)8-19-14-12(18)7-6-11(17)13(14)15(20)16(19)21/h2-7H,8H2,1H3. The summed E-state index contributed by atoms with van der Waals surface area (Å²) in [5, 5.41) is 0.597. The molecule has 1 aliphatic rings. The Morgan fingerprint density at radius 2 is 1.57 bits per heavy atom. The lowest BCUT2D eigenvalue weighted by atomic mass is 10.1. The van der Waals surface area contributed by atoms with Gasteiger partial charge in [0, 0.05) is 0 Å². The Kier molecular flexibility index (Phi) is 3.47. The smallest absolute Gasteiger partial charge is 0.299 e. The maximum absolute atomic E-state index is 12.2. The molecule has 0 N–H and O–H groups in total. The number of rotatable bonds is 2. The predicted molar refractivity (Wildman–Crippen MR) is 83.2 cm³/mol. The van der Waals surface area contributed by atoms with Crippen molar-refractivity contribution in [2.24, 2.45) is 0 Å². The van der Waals surface area contributed by atoms with Gasteiger partial charge in [-0.25, -0.2) is 0 Å². The molecule has 0 aliphatic carbocycles. The van der Waals surface area contributed by atoms with Gasteiger partial charge in [-0.05, 0) is 24.6 Å². The third-order valence-corrected chi connectivity index (χ3v) is 4.10. The number of aryl methyl sites for hydroxylation is 1. The SMILES string of the molecule is Cc1ccc(CN2C(=O)C(=O)c3c(Cl)ccc(Cl)c32)cc1. The molecule has 1 amide bonds. The molecule has 1 heterocycles. The summed E-state index contributed by atoms with van der Waals surface area (Å²) in [7, 11) is 0. The molecule has 3 rings (SSSR count). The second kappa shape index (κ2) is 5.17. The molecule has 0 atom stereocenters. The number of hydrogen-bond acceptors (Lipinski definition) is 2. The van der Waals surface area contributed by atoms with E-state index in [2.05, 4.69) is 0 Å². The Morgan fingerprint density at radius 1 is 0.952 bits per heavy atom. The van der Waals surface area contributed by atoms with E-state index in [1.54, 1.807) is 6.07 Å². The van der Waals surface area contributed by atoms with Crippen LogP contribution in [0.1, 0.15) is 21.5 Å². The number of halogens is 2. The molecular formula is C16H11Cl2NO2. The molecule has 0 spiro atoms. The summed E-state index contributed by atoms with van der Waals surface area (Å²) in [6.07, 6.45) is 0. The van der Waals surface area contributed by atoms with Crippen LogP contribution >= 0.6 is 23.2 Å². The lowest BCUT2D eigenvalue weighted by molar-refractivity contribution is -0.114. The van der Waals surface area contributed by atoms with Gasteiger partial charge in [0.15, 0.2) is 0 Å². The van der Waals surface area contributed by atoms with E-state index in [4.69, 9.17) is 23.2 Å². The average molecular weight is 320 g/mol. The van der Waals surface area contributed by atoms with Crippen LogP contribution in [0.25, 0.3) is 0 Å². The van der Waals surface area contributed by atoms with Crippen molar-refractivity contribution in [1.82, 2.24) is 0 Å². The molecular weight excluding hydrogens is 309 g/mol.